The molecule has 0 bridgehead atoms. The van der Waals surface area contributed by atoms with Crippen LogP contribution in [0.4, 0.5) is 8.78 Å². The third-order valence-electron chi connectivity index (χ3n) is 0.860. The number of hydrogen-bond donors (Lipinski definition) is 4. The second kappa shape index (κ2) is 4.04. The molecule has 0 spiro atoms. The maximum Gasteiger partial charge on any atom is 0.289 e. The summed E-state index contributed by atoms with van der Waals surface area (Å²) in [6, 6.07) is 0. The summed E-state index contributed by atoms with van der Waals surface area (Å²) in [4.78, 5) is 3.13. The molecule has 0 fully saturated rings. The van der Waals surface area contributed by atoms with Gasteiger partial charge in [0.05, 0.1) is 0 Å². The van der Waals surface area contributed by atoms with Crippen molar-refractivity contribution in [2.45, 2.75) is 5.92 Å². The van der Waals surface area contributed by atoms with Gasteiger partial charge in [0.2, 0.25) is 5.96 Å². The number of alkyl halides is 2. The van der Waals surface area contributed by atoms with Crippen LogP contribution >= 0.6 is 0 Å². The van der Waals surface area contributed by atoms with Crippen LogP contribution in [0.2, 0.25) is 0 Å². The molecule has 0 rings (SSSR count). The van der Waals surface area contributed by atoms with Crippen LogP contribution in [0.3, 0.4) is 0 Å². The van der Waals surface area contributed by atoms with Crippen LogP contribution in [0, 0.1) is 0 Å². The summed E-state index contributed by atoms with van der Waals surface area (Å²) in [5.41, 5.74) is 6.81. The van der Waals surface area contributed by atoms with Crippen molar-refractivity contribution in [2.75, 3.05) is 13.2 Å². The predicted molar refractivity (Wildman–Crippen MR) is 35.8 cm³/mol. The number of halogens is 2. The van der Waals surface area contributed by atoms with E-state index >= 15 is 0 Å². The predicted octanol–water partition coefficient (Wildman–Crippen LogP) is -1.61. The molecule has 0 amide bonds. The summed E-state index contributed by atoms with van der Waals surface area (Å²) >= 11 is 0. The van der Waals surface area contributed by atoms with E-state index in [1.165, 1.54) is 0 Å². The van der Waals surface area contributed by atoms with Gasteiger partial charge in [0, 0.05) is 0 Å². The van der Waals surface area contributed by atoms with Crippen LogP contribution in [-0.2, 0) is 0 Å². The van der Waals surface area contributed by atoms with Crippen molar-refractivity contribution in [3.05, 3.63) is 0 Å². The third-order valence-corrected chi connectivity index (χ3v) is 0.860. The van der Waals surface area contributed by atoms with Gasteiger partial charge in [0.15, 0.2) is 0 Å². The van der Waals surface area contributed by atoms with Gasteiger partial charge in [0.1, 0.15) is 13.2 Å². The van der Waals surface area contributed by atoms with Gasteiger partial charge in [-0.3, -0.25) is 5.43 Å². The first-order valence-electron chi connectivity index (χ1n) is 2.77. The smallest absolute Gasteiger partial charge is 0.289 e. The van der Waals surface area contributed by atoms with Crippen molar-refractivity contribution >= 4 is 5.96 Å². The summed E-state index contributed by atoms with van der Waals surface area (Å²) in [5.74, 6) is 1.20. The molecule has 5 nitrogen and oxygen atoms in total. The van der Waals surface area contributed by atoms with Crippen LogP contribution in [0.15, 0.2) is 4.99 Å². The van der Waals surface area contributed by atoms with Crippen molar-refractivity contribution in [1.82, 2.24) is 5.43 Å². The van der Waals surface area contributed by atoms with Gasteiger partial charge < -0.3 is 10.8 Å². The highest BCUT2D eigenvalue weighted by Crippen LogP contribution is 2.11. The van der Waals surface area contributed by atoms with E-state index in [0.29, 0.717) is 0 Å². The number of aliphatic hydroxyl groups excluding tert-OH is 1. The Bertz CT molecular complexity index is 149. The molecule has 0 aliphatic rings. The lowest BCUT2D eigenvalue weighted by atomic mass is 10.4. The number of aliphatic imine (C=N–C) groups is 1. The maximum absolute atomic E-state index is 12.2. The quantitative estimate of drug-likeness (QED) is 0.176. The molecule has 0 atom stereocenters. The molecule has 0 aromatic heterocycles. The molecular weight excluding hydrogens is 158 g/mol. The minimum absolute atomic E-state index is 0.293. The number of rotatable bonds is 3. The van der Waals surface area contributed by atoms with E-state index in [-0.39, 0.29) is 5.96 Å². The Hall–Kier alpha value is -0.950. The molecule has 0 aromatic rings. The standard InChI is InChI=1S/C4H10F2N4O/c5-4(6,2-11)1-9-3(7)10-8/h11H,1-2,8H2,(H3,7,9,10). The van der Waals surface area contributed by atoms with Crippen molar-refractivity contribution in [3.8, 4) is 0 Å². The molecule has 0 unspecified atom stereocenters. The lowest BCUT2D eigenvalue weighted by molar-refractivity contribution is -0.0404. The SMILES string of the molecule is NNC(N)=NCC(F)(F)CO. The highest BCUT2D eigenvalue weighted by molar-refractivity contribution is 5.77. The molecule has 0 saturated heterocycles. The molecule has 0 saturated carbocycles. The minimum atomic E-state index is -3.23. The summed E-state index contributed by atoms with van der Waals surface area (Å²) in [6.45, 7) is -2.13. The largest absolute Gasteiger partial charge is 0.390 e. The van der Waals surface area contributed by atoms with E-state index in [1.807, 2.05) is 5.43 Å². The van der Waals surface area contributed by atoms with Gasteiger partial charge in [-0.2, -0.15) is 0 Å². The Morgan fingerprint density at radius 1 is 1.64 bits per heavy atom. The fraction of sp³-hybridized carbons (Fsp3) is 0.750. The molecule has 0 aromatic carbocycles. The van der Waals surface area contributed by atoms with Crippen molar-refractivity contribution in [2.24, 2.45) is 16.6 Å². The lowest BCUT2D eigenvalue weighted by Gasteiger charge is -2.09. The van der Waals surface area contributed by atoms with Crippen LogP contribution in [0.1, 0.15) is 0 Å². The fourth-order valence-corrected chi connectivity index (χ4v) is 0.296. The van der Waals surface area contributed by atoms with E-state index in [2.05, 4.69) is 4.99 Å². The normalized spacial score (nSPS) is 13.3. The van der Waals surface area contributed by atoms with Gasteiger partial charge in [-0.05, 0) is 0 Å². The first kappa shape index (κ1) is 10.0. The Balaban J connectivity index is 3.86. The molecule has 6 N–H and O–H groups in total. The Labute approximate surface area is 62.1 Å². The molecule has 66 valence electrons. The van der Waals surface area contributed by atoms with E-state index in [1.54, 1.807) is 0 Å². The van der Waals surface area contributed by atoms with Crippen LogP contribution in [-0.4, -0.2) is 30.1 Å². The second-order valence-corrected chi connectivity index (χ2v) is 1.86. The average molecular weight is 168 g/mol. The Morgan fingerprint density at radius 3 is 2.55 bits per heavy atom. The van der Waals surface area contributed by atoms with E-state index in [9.17, 15) is 8.78 Å². The summed E-state index contributed by atoms with van der Waals surface area (Å²) < 4.78 is 24.3. The number of guanidine groups is 1. The first-order chi connectivity index (χ1) is 5.02. The van der Waals surface area contributed by atoms with Gasteiger partial charge in [-0.15, -0.1) is 0 Å². The van der Waals surface area contributed by atoms with Crippen LogP contribution in [0.25, 0.3) is 0 Å². The number of hydrazine groups is 1. The van der Waals surface area contributed by atoms with Gasteiger partial charge in [-0.1, -0.05) is 0 Å². The highest BCUT2D eigenvalue weighted by atomic mass is 19.3. The Morgan fingerprint density at radius 2 is 2.18 bits per heavy atom. The number of nitrogens with two attached hydrogens (primary N) is 2. The van der Waals surface area contributed by atoms with E-state index < -0.39 is 19.1 Å². The molecule has 7 heteroatoms. The average Bonchev–Trinajstić information content (AvgIpc) is 2.00. The van der Waals surface area contributed by atoms with Crippen LogP contribution < -0.4 is 17.0 Å². The highest BCUT2D eigenvalue weighted by Gasteiger charge is 2.26. The number of hydrogen-bond acceptors (Lipinski definition) is 3. The van der Waals surface area contributed by atoms with Gasteiger partial charge in [-0.25, -0.2) is 19.6 Å². The zero-order valence-corrected chi connectivity index (χ0v) is 5.72. The molecule has 0 radical (unpaired) electrons. The lowest BCUT2D eigenvalue weighted by Crippen LogP contribution is -2.38. The molecule has 0 aliphatic heterocycles. The van der Waals surface area contributed by atoms with Gasteiger partial charge in [0.25, 0.3) is 5.92 Å². The number of nitrogens with one attached hydrogen (secondary N) is 1. The maximum atomic E-state index is 12.2. The first-order valence-corrected chi connectivity index (χ1v) is 2.77. The Kier molecular flexibility index (Phi) is 3.69. The van der Waals surface area contributed by atoms with Crippen molar-refractivity contribution in [1.29, 1.82) is 0 Å². The number of nitrogens with zero attached hydrogens (tertiary/aromatic N) is 1. The third kappa shape index (κ3) is 4.45. The minimum Gasteiger partial charge on any atom is -0.390 e. The molecular formula is C4H10F2N4O. The fourth-order valence-electron chi connectivity index (χ4n) is 0.296. The van der Waals surface area contributed by atoms with Crippen molar-refractivity contribution in [3.63, 3.8) is 0 Å². The van der Waals surface area contributed by atoms with Crippen LogP contribution in [0.5, 0.6) is 0 Å². The van der Waals surface area contributed by atoms with Gasteiger partial charge >= 0.3 is 0 Å². The number of aliphatic hydroxyl groups is 1. The molecule has 0 aliphatic carbocycles. The van der Waals surface area contributed by atoms with E-state index in [4.69, 9.17) is 16.7 Å². The van der Waals surface area contributed by atoms with E-state index in [0.717, 1.165) is 0 Å². The molecule has 0 heterocycles. The topological polar surface area (TPSA) is 96.7 Å². The summed E-state index contributed by atoms with van der Waals surface area (Å²) in [7, 11) is 0. The second-order valence-electron chi connectivity index (χ2n) is 1.86. The summed E-state index contributed by atoms with van der Waals surface area (Å²) in [5, 5.41) is 8.07. The monoisotopic (exact) mass is 168 g/mol. The summed E-state index contributed by atoms with van der Waals surface area (Å²) in [6.07, 6.45) is 0. The molecule has 11 heavy (non-hydrogen) atoms. The zero-order valence-electron chi connectivity index (χ0n) is 5.72. The zero-order chi connectivity index (χ0) is 8.91. The van der Waals surface area contributed by atoms with Crippen molar-refractivity contribution < 1.29 is 13.9 Å².